The van der Waals surface area contributed by atoms with Crippen LogP contribution in [0.2, 0.25) is 0 Å². The summed E-state index contributed by atoms with van der Waals surface area (Å²) in [5.74, 6) is 0. The lowest BCUT2D eigenvalue weighted by Gasteiger charge is -2.27. The quantitative estimate of drug-likeness (QED) is 0.366. The number of rotatable bonds is 4. The fourth-order valence-electron chi connectivity index (χ4n) is 3.69. The molecule has 4 rings (SSSR count). The number of nitrogens with zero attached hydrogens (tertiary/aromatic N) is 1. The lowest BCUT2D eigenvalue weighted by Crippen LogP contribution is -2.13. The van der Waals surface area contributed by atoms with Gasteiger partial charge in [-0.05, 0) is 58.5 Å². The van der Waals surface area contributed by atoms with E-state index in [4.69, 9.17) is 0 Å². The average Bonchev–Trinajstić information content (AvgIpc) is 2.76. The van der Waals surface area contributed by atoms with Crippen LogP contribution in [0.4, 0.5) is 17.1 Å². The molecule has 0 saturated heterocycles. The van der Waals surface area contributed by atoms with E-state index >= 15 is 0 Å². The molecule has 0 N–H and O–H groups in total. The summed E-state index contributed by atoms with van der Waals surface area (Å²) in [5, 5.41) is 0. The molecule has 0 aromatic heterocycles. The summed E-state index contributed by atoms with van der Waals surface area (Å²) in [6.45, 7) is 6.76. The van der Waals surface area contributed by atoms with Gasteiger partial charge in [-0.15, -0.1) is 0 Å². The van der Waals surface area contributed by atoms with E-state index in [2.05, 4.69) is 137 Å². The highest BCUT2D eigenvalue weighted by molar-refractivity contribution is 6.32. The first-order valence-corrected chi connectivity index (χ1v) is 10.5. The van der Waals surface area contributed by atoms with Gasteiger partial charge in [0.1, 0.15) is 7.85 Å². The SMILES string of the molecule is Bc1ccc(N(c2ccc(-c3ccccc3)cc2)c2ccc(C(C)(C)C)cc2)cc1. The molecule has 2 heteroatoms. The van der Waals surface area contributed by atoms with Crippen LogP contribution in [0.25, 0.3) is 11.1 Å². The van der Waals surface area contributed by atoms with Crippen molar-refractivity contribution in [2.45, 2.75) is 26.2 Å². The molecule has 4 aromatic rings. The zero-order valence-electron chi connectivity index (χ0n) is 18.3. The molecule has 1 nitrogen and oxygen atoms in total. The van der Waals surface area contributed by atoms with Crippen molar-refractivity contribution in [1.29, 1.82) is 0 Å². The predicted molar refractivity (Wildman–Crippen MR) is 133 cm³/mol. The van der Waals surface area contributed by atoms with Gasteiger partial charge in [0.2, 0.25) is 0 Å². The minimum Gasteiger partial charge on any atom is -0.311 e. The zero-order chi connectivity index (χ0) is 21.1. The van der Waals surface area contributed by atoms with Crippen LogP contribution >= 0.6 is 0 Å². The van der Waals surface area contributed by atoms with Crippen LogP contribution in [-0.4, -0.2) is 7.85 Å². The molecule has 0 amide bonds. The maximum atomic E-state index is 2.32. The van der Waals surface area contributed by atoms with Gasteiger partial charge in [-0.25, -0.2) is 0 Å². The van der Waals surface area contributed by atoms with E-state index in [1.165, 1.54) is 27.8 Å². The molecule has 0 heterocycles. The monoisotopic (exact) mass is 389 g/mol. The lowest BCUT2D eigenvalue weighted by molar-refractivity contribution is 0.590. The number of anilines is 3. The second kappa shape index (κ2) is 8.24. The number of benzene rings is 4. The number of hydrogen-bond donors (Lipinski definition) is 0. The van der Waals surface area contributed by atoms with Crippen LogP contribution in [0.15, 0.2) is 103 Å². The molecule has 0 fully saturated rings. The summed E-state index contributed by atoms with van der Waals surface area (Å²) >= 11 is 0. The van der Waals surface area contributed by atoms with Crippen LogP contribution in [0, 0.1) is 0 Å². The topological polar surface area (TPSA) is 3.24 Å². The average molecular weight is 389 g/mol. The van der Waals surface area contributed by atoms with Crippen molar-refractivity contribution in [1.82, 2.24) is 0 Å². The van der Waals surface area contributed by atoms with Gasteiger partial charge in [-0.2, -0.15) is 0 Å². The van der Waals surface area contributed by atoms with Crippen molar-refractivity contribution >= 4 is 30.4 Å². The van der Waals surface area contributed by atoms with Crippen LogP contribution in [-0.2, 0) is 5.41 Å². The molecular formula is C28H28BN. The molecule has 0 aliphatic rings. The molecule has 30 heavy (non-hydrogen) atoms. The Balaban J connectivity index is 1.75. The smallest absolute Gasteiger partial charge is 0.139 e. The van der Waals surface area contributed by atoms with E-state index in [-0.39, 0.29) is 5.41 Å². The number of hydrogen-bond acceptors (Lipinski definition) is 1. The van der Waals surface area contributed by atoms with Crippen molar-refractivity contribution < 1.29 is 0 Å². The molecule has 0 spiro atoms. The second-order valence-electron chi connectivity index (χ2n) is 8.88. The summed E-state index contributed by atoms with van der Waals surface area (Å²) in [6.07, 6.45) is 0. The third kappa shape index (κ3) is 4.33. The van der Waals surface area contributed by atoms with Crippen LogP contribution in [0.1, 0.15) is 26.3 Å². The normalized spacial score (nSPS) is 11.3. The van der Waals surface area contributed by atoms with E-state index in [9.17, 15) is 0 Å². The van der Waals surface area contributed by atoms with Crippen LogP contribution in [0.3, 0.4) is 0 Å². The molecule has 0 aliphatic carbocycles. The van der Waals surface area contributed by atoms with E-state index in [0.29, 0.717) is 0 Å². The Kier molecular flexibility index (Phi) is 5.50. The predicted octanol–water partition coefficient (Wildman–Crippen LogP) is 6.38. The minimum absolute atomic E-state index is 0.143. The fourth-order valence-corrected chi connectivity index (χ4v) is 3.69. The Morgan fingerprint density at radius 2 is 0.967 bits per heavy atom. The van der Waals surface area contributed by atoms with Crippen molar-refractivity contribution in [3.8, 4) is 11.1 Å². The third-order valence-electron chi connectivity index (χ3n) is 5.52. The van der Waals surface area contributed by atoms with Gasteiger partial charge in [0.05, 0.1) is 0 Å². The fraction of sp³-hybridized carbons (Fsp3) is 0.143. The molecule has 4 aromatic carbocycles. The Hall–Kier alpha value is -3.26. The highest BCUT2D eigenvalue weighted by Crippen LogP contribution is 2.36. The van der Waals surface area contributed by atoms with E-state index in [1.807, 2.05) is 0 Å². The molecular weight excluding hydrogens is 361 g/mol. The van der Waals surface area contributed by atoms with Crippen molar-refractivity contribution in [3.63, 3.8) is 0 Å². The van der Waals surface area contributed by atoms with Gasteiger partial charge in [0.25, 0.3) is 0 Å². The molecule has 0 saturated carbocycles. The molecule has 0 radical (unpaired) electrons. The standard InChI is InChI=1S/C28H28BN/c1-28(2,3)23-11-17-26(18-12-23)30(27-19-13-24(29)14-20-27)25-15-9-22(10-16-25)21-7-5-4-6-8-21/h4-20H,29H2,1-3H3. The Morgan fingerprint density at radius 1 is 0.533 bits per heavy atom. The minimum atomic E-state index is 0.143. The summed E-state index contributed by atoms with van der Waals surface area (Å²) in [6, 6.07) is 37.0. The summed E-state index contributed by atoms with van der Waals surface area (Å²) in [4.78, 5) is 2.32. The molecule has 0 atom stereocenters. The largest absolute Gasteiger partial charge is 0.311 e. The molecule has 0 unspecified atom stereocenters. The summed E-state index contributed by atoms with van der Waals surface area (Å²) in [7, 11) is 2.13. The van der Waals surface area contributed by atoms with Gasteiger partial charge in [-0.3, -0.25) is 0 Å². The van der Waals surface area contributed by atoms with Crippen LogP contribution in [0.5, 0.6) is 0 Å². The molecule has 0 aliphatic heterocycles. The van der Waals surface area contributed by atoms with Gasteiger partial charge < -0.3 is 4.90 Å². The Bertz CT molecular complexity index is 1090. The third-order valence-corrected chi connectivity index (χ3v) is 5.52. The van der Waals surface area contributed by atoms with Crippen molar-refractivity contribution in [2.24, 2.45) is 0 Å². The van der Waals surface area contributed by atoms with Crippen molar-refractivity contribution in [3.05, 3.63) is 109 Å². The van der Waals surface area contributed by atoms with Gasteiger partial charge in [0, 0.05) is 17.1 Å². The van der Waals surface area contributed by atoms with Gasteiger partial charge in [-0.1, -0.05) is 93.0 Å². The summed E-state index contributed by atoms with van der Waals surface area (Å²) in [5.41, 5.74) is 8.70. The summed E-state index contributed by atoms with van der Waals surface area (Å²) < 4.78 is 0. The van der Waals surface area contributed by atoms with Crippen molar-refractivity contribution in [2.75, 3.05) is 4.90 Å². The Labute approximate surface area is 181 Å². The Morgan fingerprint density at radius 3 is 1.47 bits per heavy atom. The molecule has 148 valence electrons. The van der Waals surface area contributed by atoms with Gasteiger partial charge in [0.15, 0.2) is 0 Å². The first-order valence-electron chi connectivity index (χ1n) is 10.5. The van der Waals surface area contributed by atoms with Gasteiger partial charge >= 0.3 is 0 Å². The second-order valence-corrected chi connectivity index (χ2v) is 8.88. The lowest BCUT2D eigenvalue weighted by atomic mass is 9.87. The van der Waals surface area contributed by atoms with Crippen LogP contribution < -0.4 is 10.4 Å². The maximum Gasteiger partial charge on any atom is 0.139 e. The first-order chi connectivity index (χ1) is 14.4. The van der Waals surface area contributed by atoms with E-state index in [0.717, 1.165) is 11.4 Å². The highest BCUT2D eigenvalue weighted by Gasteiger charge is 2.16. The molecule has 0 bridgehead atoms. The maximum absolute atomic E-state index is 2.32. The zero-order valence-corrected chi connectivity index (χ0v) is 18.3. The first kappa shape index (κ1) is 20.0. The van der Waals surface area contributed by atoms with E-state index in [1.54, 1.807) is 0 Å². The highest BCUT2D eigenvalue weighted by atomic mass is 15.1. The van der Waals surface area contributed by atoms with E-state index < -0.39 is 0 Å².